The van der Waals surface area contributed by atoms with Crippen molar-refractivity contribution in [2.45, 2.75) is 38.9 Å². The molecule has 0 unspecified atom stereocenters. The van der Waals surface area contributed by atoms with Gasteiger partial charge in [-0.2, -0.15) is 0 Å². The zero-order valence-electron chi connectivity index (χ0n) is 13.4. The van der Waals surface area contributed by atoms with Crippen LogP contribution in [0.2, 0.25) is 2.82 Å². The minimum Gasteiger partial charge on any atom is -0.399 e. The van der Waals surface area contributed by atoms with Gasteiger partial charge in [-0.3, -0.25) is 0 Å². The molecule has 3 nitrogen and oxygen atoms in total. The Kier molecular flexibility index (Phi) is 1.96. The van der Waals surface area contributed by atoms with Crippen LogP contribution in [0.25, 0.3) is 0 Å². The highest BCUT2D eigenvalue weighted by Crippen LogP contribution is 2.36. The van der Waals surface area contributed by atoms with Crippen LogP contribution in [0.3, 0.4) is 0 Å². The van der Waals surface area contributed by atoms with E-state index in [-0.39, 0.29) is 11.4 Å². The maximum absolute atomic E-state index is 13.7. The van der Waals surface area contributed by atoms with Gasteiger partial charge in [-0.05, 0) is 51.3 Å². The maximum atomic E-state index is 13.7. The second-order valence-electron chi connectivity index (χ2n) is 5.24. The summed E-state index contributed by atoms with van der Waals surface area (Å²) < 4.78 is 47.3. The Hall–Kier alpha value is -1.07. The number of hydrogen-bond acceptors (Lipinski definition) is 3. The van der Waals surface area contributed by atoms with Crippen molar-refractivity contribution >= 4 is 18.3 Å². The summed E-state index contributed by atoms with van der Waals surface area (Å²) >= 11 is 0. The average molecular weight is 243 g/mol. The zero-order chi connectivity index (χ0) is 15.3. The average Bonchev–Trinajstić information content (AvgIpc) is 2.51. The zero-order valence-corrected chi connectivity index (χ0v) is 10.4. The van der Waals surface area contributed by atoms with Crippen LogP contribution in [0.4, 0.5) is 10.1 Å². The predicted molar refractivity (Wildman–Crippen MR) is 66.5 cm³/mol. The van der Waals surface area contributed by atoms with Crippen molar-refractivity contribution in [3.8, 4) is 0 Å². The number of nitrogen functional groups attached to an aromatic ring is 1. The molecular weight excluding hydrogens is 220 g/mol. The minimum atomic E-state index is -0.809. The van der Waals surface area contributed by atoms with Gasteiger partial charge < -0.3 is 15.0 Å². The monoisotopic (exact) mass is 243 g/mol. The van der Waals surface area contributed by atoms with Crippen LogP contribution in [0.15, 0.2) is 18.2 Å². The van der Waals surface area contributed by atoms with E-state index in [1.165, 1.54) is 6.07 Å². The molecule has 5 heteroatoms. The van der Waals surface area contributed by atoms with Gasteiger partial charge in [0.1, 0.15) is 5.82 Å². The van der Waals surface area contributed by atoms with E-state index in [2.05, 4.69) is 0 Å². The summed E-state index contributed by atoms with van der Waals surface area (Å²) in [6, 6.07) is 2.03. The lowest BCUT2D eigenvalue weighted by Gasteiger charge is -2.32. The van der Waals surface area contributed by atoms with Gasteiger partial charge >= 0.3 is 7.12 Å². The third-order valence-electron chi connectivity index (χ3n) is 3.37. The molecule has 0 radical (unpaired) electrons. The van der Waals surface area contributed by atoms with Gasteiger partial charge in [0.15, 0.2) is 2.82 Å². The van der Waals surface area contributed by atoms with E-state index in [1.54, 1.807) is 0 Å². The van der Waals surface area contributed by atoms with Crippen molar-refractivity contribution in [2.24, 2.45) is 0 Å². The minimum absolute atomic E-state index is 0.158. The lowest BCUT2D eigenvalue weighted by Crippen LogP contribution is -2.41. The van der Waals surface area contributed by atoms with Crippen molar-refractivity contribution in [1.29, 1.82) is 0 Å². The Labute approximate surface area is 106 Å². The number of benzene rings is 1. The summed E-state index contributed by atoms with van der Waals surface area (Å²) in [5.74, 6) is -0.809. The van der Waals surface area contributed by atoms with E-state index < -0.39 is 30.2 Å². The molecule has 0 spiro atoms. The predicted octanol–water partition coefficient (Wildman–Crippen LogP) is 1.71. The van der Waals surface area contributed by atoms with Crippen molar-refractivity contribution in [3.63, 3.8) is 0 Å². The SMILES string of the molecule is [3H]c1c(F)cc(B2OC(C)(C)C(C)(C)O2)cc1N([3H])[3H]. The summed E-state index contributed by atoms with van der Waals surface area (Å²) in [5, 5.41) is 0. The topological polar surface area (TPSA) is 44.5 Å². The maximum Gasteiger partial charge on any atom is 0.495 e. The van der Waals surface area contributed by atoms with E-state index in [0.29, 0.717) is 5.46 Å². The highest BCUT2D eigenvalue weighted by atomic mass is 19.1. The molecule has 2 rings (SSSR count). The number of nitrogens with two attached hydrogens (primary N) is 1. The smallest absolute Gasteiger partial charge is 0.399 e. The summed E-state index contributed by atoms with van der Waals surface area (Å²) in [7, 11) is -0.784. The molecule has 0 saturated carbocycles. The molecule has 1 aliphatic rings. The summed E-state index contributed by atoms with van der Waals surface area (Å²) in [6.07, 6.45) is 0. The molecule has 1 aromatic rings. The van der Waals surface area contributed by atoms with Gasteiger partial charge in [-0.15, -0.1) is 0 Å². The fraction of sp³-hybridized carbons (Fsp3) is 0.500. The summed E-state index contributed by atoms with van der Waals surface area (Å²) in [4.78, 5) is 0. The van der Waals surface area contributed by atoms with E-state index in [4.69, 9.17) is 13.5 Å². The first-order valence-corrected chi connectivity index (χ1v) is 5.49. The molecule has 1 saturated heterocycles. The number of hydrogen-bond donors (Lipinski definition) is 1. The van der Waals surface area contributed by atoms with Crippen LogP contribution in [0.5, 0.6) is 0 Å². The summed E-state index contributed by atoms with van der Waals surface area (Å²) in [6.45, 7) is 7.52. The van der Waals surface area contributed by atoms with Gasteiger partial charge in [0.25, 0.3) is 0 Å². The third-order valence-corrected chi connectivity index (χ3v) is 3.37. The van der Waals surface area contributed by atoms with Gasteiger partial charge in [-0.1, -0.05) is 0 Å². The van der Waals surface area contributed by atoms with Crippen molar-refractivity contribution < 1.29 is 17.9 Å². The van der Waals surface area contributed by atoms with E-state index in [9.17, 15) is 4.39 Å². The fourth-order valence-electron chi connectivity index (χ4n) is 1.66. The van der Waals surface area contributed by atoms with Crippen molar-refractivity contribution in [2.75, 3.05) is 5.72 Å². The third kappa shape index (κ3) is 2.17. The Morgan fingerprint density at radius 3 is 2.41 bits per heavy atom. The Morgan fingerprint density at radius 2 is 1.88 bits per heavy atom. The van der Waals surface area contributed by atoms with Gasteiger partial charge in [0.2, 0.25) is 0 Å². The first-order chi connectivity index (χ1) is 9.05. The molecule has 0 atom stereocenters. The largest absolute Gasteiger partial charge is 0.495 e. The van der Waals surface area contributed by atoms with Gasteiger partial charge in [0, 0.05) is 5.69 Å². The molecule has 1 heterocycles. The van der Waals surface area contributed by atoms with Crippen LogP contribution in [-0.2, 0) is 9.31 Å². The fourth-order valence-corrected chi connectivity index (χ4v) is 1.66. The molecule has 0 aromatic heterocycles. The molecule has 92 valence electrons. The van der Waals surface area contributed by atoms with Crippen molar-refractivity contribution in [1.82, 2.24) is 0 Å². The molecule has 2 N–H and O–H groups in total. The van der Waals surface area contributed by atoms with Crippen LogP contribution in [0.1, 0.15) is 29.1 Å². The molecule has 1 aromatic carbocycles. The summed E-state index contributed by atoms with van der Waals surface area (Å²) in [5.41, 5.74) is -0.711. The lowest BCUT2D eigenvalue weighted by atomic mass is 9.79. The Bertz CT molecular complexity index is 524. The quantitative estimate of drug-likeness (QED) is 0.635. The molecule has 0 amide bonds. The first kappa shape index (κ1) is 8.94. The molecule has 1 fully saturated rings. The first-order valence-electron chi connectivity index (χ1n) is 6.88. The van der Waals surface area contributed by atoms with Crippen LogP contribution in [0, 0.1) is 5.82 Å². The highest BCUT2D eigenvalue weighted by Gasteiger charge is 2.51. The standard InChI is InChI=1S/C12H17BFNO2/c1-11(2)12(3,4)17-13(16-11)8-5-9(14)7-10(15)6-8/h5-7H,15H2,1-4H3/i7T/hT2. The second kappa shape index (κ2) is 3.72. The number of halogens is 1. The van der Waals surface area contributed by atoms with E-state index in [1.807, 2.05) is 27.7 Å². The normalized spacial score (nSPS) is 24.1. The molecule has 1 aliphatic heterocycles. The highest BCUT2D eigenvalue weighted by molar-refractivity contribution is 6.62. The Morgan fingerprint density at radius 1 is 1.29 bits per heavy atom. The van der Waals surface area contributed by atoms with Crippen LogP contribution < -0.4 is 11.2 Å². The Balaban J connectivity index is 2.41. The van der Waals surface area contributed by atoms with E-state index in [0.717, 1.165) is 6.07 Å². The molecular formula is C12H17BFNO2. The number of rotatable bonds is 2. The molecule has 17 heavy (non-hydrogen) atoms. The lowest BCUT2D eigenvalue weighted by molar-refractivity contribution is 0.00578. The van der Waals surface area contributed by atoms with Crippen LogP contribution >= 0.6 is 0 Å². The van der Waals surface area contributed by atoms with Crippen LogP contribution in [-0.4, -0.2) is 18.3 Å². The number of anilines is 1. The molecule has 0 bridgehead atoms. The van der Waals surface area contributed by atoms with Crippen molar-refractivity contribution in [3.05, 3.63) is 24.0 Å². The van der Waals surface area contributed by atoms with Gasteiger partial charge in [-0.25, -0.2) is 4.39 Å². The second-order valence-corrected chi connectivity index (χ2v) is 5.24. The molecule has 0 aliphatic carbocycles. The van der Waals surface area contributed by atoms with E-state index >= 15 is 0 Å². The van der Waals surface area contributed by atoms with Gasteiger partial charge in [0.05, 0.1) is 12.6 Å².